The predicted molar refractivity (Wildman–Crippen MR) is 331 cm³/mol. The number of hydrogen-bond acceptors (Lipinski definition) is 11. The van der Waals surface area contributed by atoms with Crippen molar-refractivity contribution < 1.29 is 38.4 Å². The quantitative estimate of drug-likeness (QED) is 0.0245. The van der Waals surface area contributed by atoms with Crippen LogP contribution in [0.4, 0.5) is 5.69 Å². The summed E-state index contributed by atoms with van der Waals surface area (Å²) in [5.41, 5.74) is 9.46. The fraction of sp³-hybridized carbons (Fsp3) is 0.441. The number of amides is 6. The van der Waals surface area contributed by atoms with E-state index in [-0.39, 0.29) is 104 Å². The highest BCUT2D eigenvalue weighted by Gasteiger charge is 2.47. The number of nitrogen functional groups attached to an aromatic ring is 1. The van der Waals surface area contributed by atoms with Crippen LogP contribution in [-0.4, -0.2) is 133 Å². The molecule has 2 heterocycles. The van der Waals surface area contributed by atoms with Crippen LogP contribution in [0.25, 0.3) is 0 Å². The Morgan fingerprint density at radius 2 is 0.800 bits per heavy atom. The van der Waals surface area contributed by atoms with Crippen LogP contribution in [0.2, 0.25) is 0 Å². The molecule has 2 fully saturated rings. The Bertz CT molecular complexity index is 2850. The molecule has 17 heteroatoms. The summed E-state index contributed by atoms with van der Waals surface area (Å²) >= 11 is 0. The molecule has 2 aliphatic rings. The van der Waals surface area contributed by atoms with Crippen LogP contribution in [-0.2, 0) is 28.8 Å². The molecule has 2 aliphatic heterocycles. The Morgan fingerprint density at radius 3 is 1.08 bits per heavy atom. The molecule has 8 N–H and O–H groups in total. The van der Waals surface area contributed by atoms with Gasteiger partial charge in [0.15, 0.2) is 11.6 Å². The number of Topliss-reactive ketones (excluding diaryl/α,β-unsaturated/α-hetero) is 2. The largest absolute Gasteiger partial charge is 0.399 e. The standard InChI is InChI=1S/C68H87N9O8/c1-42(70-9)61(80)74-59(67(3,4)5)65(84)76-40-44(31-55(76)63(82)72-38-53(46-23-15-11-16-24-46)47-25-17-12-18-26-47)33-57(78)50-35-51(37-52(69)36-50)58(79)34-45-32-56(77(41-45)66(85)60(68(6,7)8)75-62(81)43(2)71-10)64(83)73-39-54(48-27-19-13-20-28-48)49-29-21-14-22-30-49/h11-30,35-37,42-45,53-56,59-60,70-71H,31-34,38-41,69H2,1-10H3,(H,72,82)(H,73,83)(H,74,80)(H,75,81)/t42-,43-,44+,45+,55-,56-,59+,60+/m0/s1. The minimum absolute atomic E-state index is 0.0423. The van der Waals surface area contributed by atoms with Gasteiger partial charge in [0, 0.05) is 67.7 Å². The third-order valence-corrected chi connectivity index (χ3v) is 16.7. The first-order valence-electron chi connectivity index (χ1n) is 29.7. The normalized spacial score (nSPS) is 18.5. The van der Waals surface area contributed by atoms with E-state index in [4.69, 9.17) is 5.73 Å². The molecule has 17 nitrogen and oxygen atoms in total. The lowest BCUT2D eigenvalue weighted by atomic mass is 9.85. The molecule has 7 rings (SSSR count). The number of nitrogens with two attached hydrogens (primary N) is 1. The van der Waals surface area contributed by atoms with Crippen molar-refractivity contribution in [2.45, 2.75) is 129 Å². The Morgan fingerprint density at radius 1 is 0.494 bits per heavy atom. The van der Waals surface area contributed by atoms with Gasteiger partial charge >= 0.3 is 0 Å². The molecule has 0 radical (unpaired) electrons. The van der Waals surface area contributed by atoms with Gasteiger partial charge in [0.05, 0.1) is 12.1 Å². The number of likely N-dealkylation sites (N-methyl/N-ethyl adjacent to an activating group) is 2. The summed E-state index contributed by atoms with van der Waals surface area (Å²) in [5, 5.41) is 18.0. The first-order valence-corrected chi connectivity index (χ1v) is 29.7. The van der Waals surface area contributed by atoms with Crippen LogP contribution in [0.5, 0.6) is 0 Å². The lowest BCUT2D eigenvalue weighted by Crippen LogP contribution is -2.59. The van der Waals surface area contributed by atoms with Gasteiger partial charge in [-0.05, 0) is 104 Å². The summed E-state index contributed by atoms with van der Waals surface area (Å²) in [7, 11) is 3.30. The van der Waals surface area contributed by atoms with Crippen LogP contribution >= 0.6 is 0 Å². The lowest BCUT2D eigenvalue weighted by Gasteiger charge is -2.36. The van der Waals surface area contributed by atoms with Gasteiger partial charge in [0.2, 0.25) is 35.4 Å². The van der Waals surface area contributed by atoms with Gasteiger partial charge in [-0.3, -0.25) is 38.4 Å². The SMILES string of the molecule is CN[C@@H](C)C(=O)N[C@H](C(=O)N1C[C@@H](CC(=O)c2cc(N)cc(C(=O)C[C@H]3C[C@@H](C(=O)NCC(c4ccccc4)c4ccccc4)N(C(=O)[C@@H](NC(=O)[C@H](C)NC)C(C)(C)C)C3)c2)C[C@H]1C(=O)NCC(c1ccccc1)c1ccccc1)C(C)(C)C. The van der Waals surface area contributed by atoms with Crippen molar-refractivity contribution in [3.8, 4) is 0 Å². The number of nitrogens with zero attached hydrogens (tertiary/aromatic N) is 2. The Balaban J connectivity index is 1.11. The Labute approximate surface area is 501 Å². The van der Waals surface area contributed by atoms with E-state index >= 15 is 0 Å². The number of carbonyl (C=O) groups is 8. The minimum atomic E-state index is -1.02. The van der Waals surface area contributed by atoms with Crippen molar-refractivity contribution in [2.75, 3.05) is 46.0 Å². The molecule has 0 spiro atoms. The predicted octanol–water partition coefficient (Wildman–Crippen LogP) is 7.02. The van der Waals surface area contributed by atoms with Gasteiger partial charge in [-0.1, -0.05) is 163 Å². The molecule has 2 saturated heterocycles. The first kappa shape index (κ1) is 64.5. The highest BCUT2D eigenvalue weighted by atomic mass is 16.2. The number of anilines is 1. The molecule has 8 atom stereocenters. The Hall–Kier alpha value is -8.02. The number of benzene rings is 5. The van der Waals surface area contributed by atoms with Crippen molar-refractivity contribution >= 4 is 52.7 Å². The summed E-state index contributed by atoms with van der Waals surface area (Å²) in [5.74, 6) is -4.54. The first-order chi connectivity index (χ1) is 40.4. The molecular formula is C68H87N9O8. The van der Waals surface area contributed by atoms with Crippen LogP contribution < -0.4 is 37.6 Å². The molecule has 85 heavy (non-hydrogen) atoms. The molecular weight excluding hydrogens is 1070 g/mol. The maximum Gasteiger partial charge on any atom is 0.246 e. The van der Waals surface area contributed by atoms with Crippen molar-refractivity contribution in [3.05, 3.63) is 173 Å². The van der Waals surface area contributed by atoms with E-state index in [2.05, 4.69) is 31.9 Å². The van der Waals surface area contributed by atoms with Gasteiger partial charge in [0.25, 0.3) is 0 Å². The van der Waals surface area contributed by atoms with E-state index in [0.29, 0.717) is 0 Å². The summed E-state index contributed by atoms with van der Waals surface area (Å²) < 4.78 is 0. The molecule has 452 valence electrons. The van der Waals surface area contributed by atoms with Gasteiger partial charge in [0.1, 0.15) is 24.2 Å². The van der Waals surface area contributed by atoms with Crippen LogP contribution in [0.1, 0.15) is 136 Å². The highest BCUT2D eigenvalue weighted by Crippen LogP contribution is 2.35. The molecule has 0 bridgehead atoms. The van der Waals surface area contributed by atoms with Gasteiger partial charge < -0.3 is 47.4 Å². The number of nitrogens with one attached hydrogen (secondary N) is 6. The van der Waals surface area contributed by atoms with Crippen LogP contribution in [0, 0.1) is 22.7 Å². The molecule has 5 aromatic carbocycles. The fourth-order valence-electron chi connectivity index (χ4n) is 11.5. The lowest BCUT2D eigenvalue weighted by molar-refractivity contribution is -0.144. The second-order valence-electron chi connectivity index (χ2n) is 25.2. The zero-order valence-corrected chi connectivity index (χ0v) is 50.9. The molecule has 6 amide bonds. The monoisotopic (exact) mass is 1160 g/mol. The number of likely N-dealkylation sites (tertiary alicyclic amines) is 2. The van der Waals surface area contributed by atoms with Crippen LogP contribution in [0.15, 0.2) is 140 Å². The Kier molecular flexibility index (Phi) is 21.8. The molecule has 0 aromatic heterocycles. The maximum absolute atomic E-state index is 14.9. The minimum Gasteiger partial charge on any atom is -0.399 e. The van der Waals surface area contributed by atoms with E-state index in [9.17, 15) is 38.4 Å². The van der Waals surface area contributed by atoms with Gasteiger partial charge in [-0.25, -0.2) is 0 Å². The number of ketones is 2. The molecule has 0 aliphatic carbocycles. The topological polar surface area (TPSA) is 241 Å². The number of hydrogen-bond donors (Lipinski definition) is 7. The number of carbonyl (C=O) groups excluding carboxylic acids is 8. The summed E-state index contributed by atoms with van der Waals surface area (Å²) in [6.45, 7) is 15.0. The molecule has 0 saturated carbocycles. The van der Waals surface area contributed by atoms with Gasteiger partial charge in [-0.15, -0.1) is 0 Å². The maximum atomic E-state index is 14.9. The summed E-state index contributed by atoms with van der Waals surface area (Å²) in [4.78, 5) is 118. The average molecular weight is 1160 g/mol. The molecule has 0 unspecified atom stereocenters. The summed E-state index contributed by atoms with van der Waals surface area (Å²) in [6.07, 6.45) is 0.120. The summed E-state index contributed by atoms with van der Waals surface area (Å²) in [6, 6.07) is 38.7. The van der Waals surface area contributed by atoms with Crippen molar-refractivity contribution in [1.82, 2.24) is 41.7 Å². The van der Waals surface area contributed by atoms with E-state index < -0.39 is 82.5 Å². The highest BCUT2D eigenvalue weighted by molar-refractivity contribution is 6.03. The van der Waals surface area contributed by atoms with Crippen molar-refractivity contribution in [2.24, 2.45) is 22.7 Å². The second-order valence-corrected chi connectivity index (χ2v) is 25.2. The smallest absolute Gasteiger partial charge is 0.246 e. The van der Waals surface area contributed by atoms with Crippen molar-refractivity contribution in [1.29, 1.82) is 0 Å². The number of rotatable bonds is 24. The van der Waals surface area contributed by atoms with E-state index in [1.165, 1.54) is 28.0 Å². The molecule has 5 aromatic rings. The van der Waals surface area contributed by atoms with E-state index in [1.54, 1.807) is 27.9 Å². The van der Waals surface area contributed by atoms with E-state index in [1.807, 2.05) is 163 Å². The third kappa shape index (κ3) is 16.7. The zero-order valence-electron chi connectivity index (χ0n) is 50.9. The van der Waals surface area contributed by atoms with Crippen molar-refractivity contribution in [3.63, 3.8) is 0 Å². The fourth-order valence-corrected chi connectivity index (χ4v) is 11.5. The van der Waals surface area contributed by atoms with E-state index in [0.717, 1.165) is 22.3 Å². The average Bonchev–Trinajstić information content (AvgIpc) is 4.07. The zero-order chi connectivity index (χ0) is 61.8. The van der Waals surface area contributed by atoms with Crippen LogP contribution in [0.3, 0.4) is 0 Å². The second kappa shape index (κ2) is 28.7. The third-order valence-electron chi connectivity index (χ3n) is 16.7. The van der Waals surface area contributed by atoms with Gasteiger partial charge in [-0.2, -0.15) is 0 Å².